The quantitative estimate of drug-likeness (QED) is 0.414. The number of hydrogen-bond acceptors (Lipinski definition) is 4. The second-order valence-electron chi connectivity index (χ2n) is 2.71. The Morgan fingerprint density at radius 3 is 2.18 bits per heavy atom. The zero-order chi connectivity index (χ0) is 8.91. The molecule has 11 heavy (non-hydrogen) atoms. The van der Waals surface area contributed by atoms with Gasteiger partial charge < -0.3 is 20.4 Å². The molecule has 0 saturated carbocycles. The van der Waals surface area contributed by atoms with Crippen LogP contribution in [0.1, 0.15) is 19.8 Å². The molecule has 4 nitrogen and oxygen atoms in total. The van der Waals surface area contributed by atoms with Gasteiger partial charge in [0.05, 0.1) is 13.2 Å². The molecule has 0 spiro atoms. The Labute approximate surface area is 66.1 Å². The summed E-state index contributed by atoms with van der Waals surface area (Å²) in [7, 11) is 0. The van der Waals surface area contributed by atoms with Crippen LogP contribution in [0.25, 0.3) is 0 Å². The molecule has 0 aliphatic heterocycles. The summed E-state index contributed by atoms with van der Waals surface area (Å²) in [6.45, 7) is 0.768. The molecule has 68 valence electrons. The first-order valence-corrected chi connectivity index (χ1v) is 3.73. The first-order chi connectivity index (χ1) is 5.10. The predicted molar refractivity (Wildman–Crippen MR) is 40.0 cm³/mol. The number of aliphatic hydroxyl groups is 4. The zero-order valence-corrected chi connectivity index (χ0v) is 6.69. The summed E-state index contributed by atoms with van der Waals surface area (Å²) in [5.74, 6) is 0. The maximum atomic E-state index is 9.43. The van der Waals surface area contributed by atoms with Crippen LogP contribution in [0.3, 0.4) is 0 Å². The Morgan fingerprint density at radius 2 is 1.91 bits per heavy atom. The van der Waals surface area contributed by atoms with E-state index in [2.05, 4.69) is 0 Å². The van der Waals surface area contributed by atoms with E-state index >= 15 is 0 Å². The lowest BCUT2D eigenvalue weighted by Gasteiger charge is -2.29. The van der Waals surface area contributed by atoms with Gasteiger partial charge in [-0.2, -0.15) is 0 Å². The van der Waals surface area contributed by atoms with E-state index in [-0.39, 0.29) is 6.42 Å². The predicted octanol–water partition coefficient (Wildman–Crippen LogP) is -1.14. The van der Waals surface area contributed by atoms with Gasteiger partial charge in [0, 0.05) is 0 Å². The third-order valence-corrected chi connectivity index (χ3v) is 1.75. The molecule has 0 aromatic rings. The summed E-state index contributed by atoms with van der Waals surface area (Å²) in [5, 5.41) is 35.7. The highest BCUT2D eigenvalue weighted by atomic mass is 16.4. The van der Waals surface area contributed by atoms with Gasteiger partial charge >= 0.3 is 0 Å². The minimum Gasteiger partial charge on any atom is -0.394 e. The topological polar surface area (TPSA) is 80.9 Å². The molecule has 0 rings (SSSR count). The van der Waals surface area contributed by atoms with Gasteiger partial charge in [0.25, 0.3) is 0 Å². The van der Waals surface area contributed by atoms with E-state index in [1.807, 2.05) is 6.92 Å². The molecule has 0 aromatic heterocycles. The smallest absolute Gasteiger partial charge is 0.116 e. The van der Waals surface area contributed by atoms with Crippen LogP contribution < -0.4 is 0 Å². The second-order valence-corrected chi connectivity index (χ2v) is 2.71. The van der Waals surface area contributed by atoms with Gasteiger partial charge in [-0.25, -0.2) is 0 Å². The second kappa shape index (κ2) is 4.66. The standard InChI is InChI=1S/C7H16O4/c1-2-3-7(11,5-9)6(10)4-8/h6,8-11H,2-5H2,1H3. The summed E-state index contributed by atoms with van der Waals surface area (Å²) in [6.07, 6.45) is -0.327. The lowest BCUT2D eigenvalue weighted by Crippen LogP contribution is -2.47. The van der Waals surface area contributed by atoms with Crippen LogP contribution in [0, 0.1) is 0 Å². The maximum absolute atomic E-state index is 9.43. The summed E-state index contributed by atoms with van der Waals surface area (Å²) < 4.78 is 0. The van der Waals surface area contributed by atoms with Crippen LogP contribution in [0.15, 0.2) is 0 Å². The van der Waals surface area contributed by atoms with Gasteiger partial charge in [-0.05, 0) is 6.42 Å². The van der Waals surface area contributed by atoms with Crippen molar-refractivity contribution in [2.75, 3.05) is 13.2 Å². The molecular formula is C7H16O4. The van der Waals surface area contributed by atoms with E-state index in [0.717, 1.165) is 0 Å². The van der Waals surface area contributed by atoms with Gasteiger partial charge in [0.1, 0.15) is 11.7 Å². The van der Waals surface area contributed by atoms with Crippen molar-refractivity contribution in [3.05, 3.63) is 0 Å². The third-order valence-electron chi connectivity index (χ3n) is 1.75. The molecule has 0 bridgehead atoms. The van der Waals surface area contributed by atoms with E-state index in [9.17, 15) is 5.11 Å². The first-order valence-electron chi connectivity index (χ1n) is 3.73. The van der Waals surface area contributed by atoms with Crippen molar-refractivity contribution in [2.45, 2.75) is 31.5 Å². The third kappa shape index (κ3) is 2.75. The summed E-state index contributed by atoms with van der Waals surface area (Å²) in [6, 6.07) is 0. The fourth-order valence-electron chi connectivity index (χ4n) is 0.954. The van der Waals surface area contributed by atoms with Gasteiger partial charge in [-0.3, -0.25) is 0 Å². The fourth-order valence-corrected chi connectivity index (χ4v) is 0.954. The fraction of sp³-hybridized carbons (Fsp3) is 1.00. The molecule has 0 aliphatic carbocycles. The Hall–Kier alpha value is -0.160. The molecule has 0 saturated heterocycles. The Bertz CT molecular complexity index is 107. The number of rotatable bonds is 5. The summed E-state index contributed by atoms with van der Waals surface area (Å²) >= 11 is 0. The van der Waals surface area contributed by atoms with Crippen LogP contribution in [-0.2, 0) is 0 Å². The van der Waals surface area contributed by atoms with Crippen molar-refractivity contribution in [1.82, 2.24) is 0 Å². The highest BCUT2D eigenvalue weighted by Gasteiger charge is 2.33. The first kappa shape index (κ1) is 10.8. The number of hydrogen-bond donors (Lipinski definition) is 4. The van der Waals surface area contributed by atoms with Crippen LogP contribution >= 0.6 is 0 Å². The lowest BCUT2D eigenvalue weighted by atomic mass is 9.93. The molecule has 2 atom stereocenters. The van der Waals surface area contributed by atoms with Crippen LogP contribution in [0.2, 0.25) is 0 Å². The Morgan fingerprint density at radius 1 is 1.36 bits per heavy atom. The molecule has 0 radical (unpaired) electrons. The normalized spacial score (nSPS) is 19.4. The molecule has 0 fully saturated rings. The molecule has 0 aromatic carbocycles. The van der Waals surface area contributed by atoms with Crippen LogP contribution in [0.4, 0.5) is 0 Å². The molecule has 4 heteroatoms. The lowest BCUT2D eigenvalue weighted by molar-refractivity contribution is -0.124. The van der Waals surface area contributed by atoms with Crippen molar-refractivity contribution < 1.29 is 20.4 Å². The molecule has 0 amide bonds. The van der Waals surface area contributed by atoms with Crippen molar-refractivity contribution >= 4 is 0 Å². The summed E-state index contributed by atoms with van der Waals surface area (Å²) in [5.41, 5.74) is -1.54. The SMILES string of the molecule is CCCC(O)(CO)C(O)CO. The van der Waals surface area contributed by atoms with E-state index in [1.54, 1.807) is 0 Å². The van der Waals surface area contributed by atoms with Crippen LogP contribution in [0.5, 0.6) is 0 Å². The van der Waals surface area contributed by atoms with Crippen molar-refractivity contribution in [3.8, 4) is 0 Å². The van der Waals surface area contributed by atoms with Gasteiger partial charge in [-0.15, -0.1) is 0 Å². The largest absolute Gasteiger partial charge is 0.394 e. The molecule has 0 aliphatic rings. The van der Waals surface area contributed by atoms with Crippen molar-refractivity contribution in [3.63, 3.8) is 0 Å². The van der Waals surface area contributed by atoms with Crippen molar-refractivity contribution in [2.24, 2.45) is 0 Å². The minimum absolute atomic E-state index is 0.283. The van der Waals surface area contributed by atoms with Gasteiger partial charge in [0.15, 0.2) is 0 Å². The van der Waals surface area contributed by atoms with Gasteiger partial charge in [-0.1, -0.05) is 13.3 Å². The zero-order valence-electron chi connectivity index (χ0n) is 6.69. The molecular weight excluding hydrogens is 148 g/mol. The number of aliphatic hydroxyl groups excluding tert-OH is 3. The average Bonchev–Trinajstić information content (AvgIpc) is 2.03. The average molecular weight is 164 g/mol. The molecule has 4 N–H and O–H groups in total. The Balaban J connectivity index is 4.07. The minimum atomic E-state index is -1.54. The monoisotopic (exact) mass is 164 g/mol. The van der Waals surface area contributed by atoms with E-state index in [4.69, 9.17) is 15.3 Å². The maximum Gasteiger partial charge on any atom is 0.116 e. The van der Waals surface area contributed by atoms with E-state index in [1.165, 1.54) is 0 Å². The van der Waals surface area contributed by atoms with Crippen molar-refractivity contribution in [1.29, 1.82) is 0 Å². The van der Waals surface area contributed by atoms with E-state index < -0.39 is 24.9 Å². The highest BCUT2D eigenvalue weighted by molar-refractivity contribution is 4.84. The molecule has 2 unspecified atom stereocenters. The van der Waals surface area contributed by atoms with Gasteiger partial charge in [0.2, 0.25) is 0 Å². The molecule has 0 heterocycles. The van der Waals surface area contributed by atoms with E-state index in [0.29, 0.717) is 6.42 Å². The highest BCUT2D eigenvalue weighted by Crippen LogP contribution is 2.16. The summed E-state index contributed by atoms with van der Waals surface area (Å²) in [4.78, 5) is 0. The van der Waals surface area contributed by atoms with Crippen LogP contribution in [-0.4, -0.2) is 45.3 Å². The Kier molecular flexibility index (Phi) is 4.60.